The molecule has 2 rings (SSSR count). The summed E-state index contributed by atoms with van der Waals surface area (Å²) in [5.41, 5.74) is 5.36. The highest BCUT2D eigenvalue weighted by molar-refractivity contribution is 5.98. The molecule has 0 saturated heterocycles. The van der Waals surface area contributed by atoms with E-state index in [0.717, 1.165) is 33.0 Å². The molecule has 0 atom stereocenters. The first-order chi connectivity index (χ1) is 16.8. The Morgan fingerprint density at radius 2 is 1.29 bits per heavy atom. The molecule has 0 spiro atoms. The summed E-state index contributed by atoms with van der Waals surface area (Å²) in [6, 6.07) is 16.2. The summed E-state index contributed by atoms with van der Waals surface area (Å²) in [5.74, 6) is 0. The van der Waals surface area contributed by atoms with Crippen molar-refractivity contribution in [3.63, 3.8) is 0 Å². The summed E-state index contributed by atoms with van der Waals surface area (Å²) in [7, 11) is 0. The molecule has 4 heteroatoms. The standard InChI is InChI=1S/C31H28N4/c1-5-25(21-33)9-17-31(35)16-8-24(4)27-11-13-28-18-26(10-12-29(28)19-27)23(3)7-15-30(34)14-6-22(2)20-32/h5-13,15-16,18-19,34-35H,1,3-4,14,17H2,2H3/b15-7-,16-8-,22-6+,25-9+,34-30?,35-31?. The van der Waals surface area contributed by atoms with Crippen molar-refractivity contribution in [1.29, 1.82) is 21.3 Å². The van der Waals surface area contributed by atoms with Crippen LogP contribution in [-0.4, -0.2) is 11.4 Å². The van der Waals surface area contributed by atoms with E-state index in [9.17, 15) is 0 Å². The summed E-state index contributed by atoms with van der Waals surface area (Å²) in [5, 5.41) is 35.9. The SMILES string of the molecule is C=C/C(C#N)=C\CC(=N)/C=C\C(=C)c1ccc2cc(C(=C)/C=C\C(=N)C/C=C(\C)C#N)ccc2c1. The molecule has 0 radical (unpaired) electrons. The highest BCUT2D eigenvalue weighted by Crippen LogP contribution is 2.25. The fourth-order valence-electron chi connectivity index (χ4n) is 3.08. The first-order valence-corrected chi connectivity index (χ1v) is 11.0. The molecule has 0 saturated carbocycles. The van der Waals surface area contributed by atoms with Gasteiger partial charge in [-0.15, -0.1) is 0 Å². The van der Waals surface area contributed by atoms with Crippen LogP contribution in [0.25, 0.3) is 21.9 Å². The smallest absolute Gasteiger partial charge is 0.0988 e. The summed E-state index contributed by atoms with van der Waals surface area (Å²) >= 11 is 0. The molecule has 0 unspecified atom stereocenters. The molecular formula is C31H28N4. The van der Waals surface area contributed by atoms with Crippen molar-refractivity contribution in [3.8, 4) is 12.1 Å². The molecule has 0 amide bonds. The number of nitrogens with one attached hydrogen (secondary N) is 2. The van der Waals surface area contributed by atoms with Crippen LogP contribution in [0.4, 0.5) is 0 Å². The summed E-state index contributed by atoms with van der Waals surface area (Å²) in [4.78, 5) is 0. The monoisotopic (exact) mass is 456 g/mol. The van der Waals surface area contributed by atoms with E-state index < -0.39 is 0 Å². The van der Waals surface area contributed by atoms with Gasteiger partial charge < -0.3 is 10.8 Å². The van der Waals surface area contributed by atoms with Crippen molar-refractivity contribution in [3.05, 3.63) is 121 Å². The van der Waals surface area contributed by atoms with Gasteiger partial charge in [0.05, 0.1) is 12.1 Å². The second-order valence-electron chi connectivity index (χ2n) is 7.93. The van der Waals surface area contributed by atoms with Gasteiger partial charge in [0.25, 0.3) is 0 Å². The summed E-state index contributed by atoms with van der Waals surface area (Å²) < 4.78 is 0. The Morgan fingerprint density at radius 1 is 0.800 bits per heavy atom. The fraction of sp³-hybridized carbons (Fsp3) is 0.0968. The molecule has 0 aliphatic carbocycles. The Morgan fingerprint density at radius 3 is 1.71 bits per heavy atom. The fourth-order valence-corrected chi connectivity index (χ4v) is 3.08. The molecule has 35 heavy (non-hydrogen) atoms. The molecule has 0 aromatic heterocycles. The van der Waals surface area contributed by atoms with Crippen molar-refractivity contribution in [1.82, 2.24) is 0 Å². The third-order valence-electron chi connectivity index (χ3n) is 5.25. The van der Waals surface area contributed by atoms with Gasteiger partial charge in [-0.25, -0.2) is 0 Å². The lowest BCUT2D eigenvalue weighted by atomic mass is 9.98. The number of hydrogen-bond acceptors (Lipinski definition) is 4. The topological polar surface area (TPSA) is 95.3 Å². The van der Waals surface area contributed by atoms with Crippen molar-refractivity contribution < 1.29 is 0 Å². The molecule has 4 nitrogen and oxygen atoms in total. The maximum absolute atomic E-state index is 8.91. The van der Waals surface area contributed by atoms with Gasteiger partial charge in [0.2, 0.25) is 0 Å². The minimum absolute atomic E-state index is 0.354. The third-order valence-corrected chi connectivity index (χ3v) is 5.25. The Labute approximate surface area is 207 Å². The largest absolute Gasteiger partial charge is 0.305 e. The molecule has 172 valence electrons. The first-order valence-electron chi connectivity index (χ1n) is 11.0. The van der Waals surface area contributed by atoms with E-state index in [1.54, 1.807) is 37.3 Å². The number of rotatable bonds is 11. The number of hydrogen-bond donors (Lipinski definition) is 2. The number of fused-ring (bicyclic) bond motifs is 1. The van der Waals surface area contributed by atoms with Crippen LogP contribution in [0, 0.1) is 33.5 Å². The van der Waals surface area contributed by atoms with Gasteiger partial charge in [0.1, 0.15) is 0 Å². The van der Waals surface area contributed by atoms with E-state index in [4.69, 9.17) is 21.3 Å². The van der Waals surface area contributed by atoms with Crippen LogP contribution in [0.3, 0.4) is 0 Å². The molecule has 2 aromatic carbocycles. The maximum atomic E-state index is 8.91. The zero-order valence-electron chi connectivity index (χ0n) is 19.9. The Bertz CT molecular complexity index is 1400. The van der Waals surface area contributed by atoms with Crippen molar-refractivity contribution >= 4 is 33.3 Å². The predicted molar refractivity (Wildman–Crippen MR) is 148 cm³/mol. The van der Waals surface area contributed by atoms with E-state index in [1.165, 1.54) is 6.08 Å². The van der Waals surface area contributed by atoms with Gasteiger partial charge in [-0.3, -0.25) is 0 Å². The van der Waals surface area contributed by atoms with Crippen molar-refractivity contribution in [2.24, 2.45) is 0 Å². The second-order valence-corrected chi connectivity index (χ2v) is 7.93. The normalized spacial score (nSPS) is 11.9. The van der Waals surface area contributed by atoms with Crippen LogP contribution in [-0.2, 0) is 0 Å². The Balaban J connectivity index is 2.09. The van der Waals surface area contributed by atoms with Crippen LogP contribution in [0.15, 0.2) is 110 Å². The Hall–Kier alpha value is -4.80. The first kappa shape index (κ1) is 26.5. The van der Waals surface area contributed by atoms with Crippen LogP contribution >= 0.6 is 0 Å². The number of nitriles is 2. The zero-order valence-corrected chi connectivity index (χ0v) is 19.9. The molecule has 0 bridgehead atoms. The lowest BCUT2D eigenvalue weighted by Crippen LogP contribution is -1.90. The quantitative estimate of drug-likeness (QED) is 0.204. The van der Waals surface area contributed by atoms with E-state index >= 15 is 0 Å². The minimum Gasteiger partial charge on any atom is -0.305 e. The van der Waals surface area contributed by atoms with Gasteiger partial charge in [0, 0.05) is 35.4 Å². The molecule has 0 fully saturated rings. The minimum atomic E-state index is 0.354. The predicted octanol–water partition coefficient (Wildman–Crippen LogP) is 7.90. The van der Waals surface area contributed by atoms with Gasteiger partial charge in [-0.2, -0.15) is 10.5 Å². The molecule has 0 heterocycles. The molecule has 0 aliphatic heterocycles. The van der Waals surface area contributed by atoms with Crippen LogP contribution in [0.5, 0.6) is 0 Å². The van der Waals surface area contributed by atoms with Crippen molar-refractivity contribution in [2.75, 3.05) is 0 Å². The summed E-state index contributed by atoms with van der Waals surface area (Å²) in [6.07, 6.45) is 12.7. The number of benzene rings is 2. The number of nitrogens with zero attached hydrogens (tertiary/aromatic N) is 2. The van der Waals surface area contributed by atoms with E-state index in [-0.39, 0.29) is 0 Å². The van der Waals surface area contributed by atoms with E-state index in [2.05, 4.69) is 37.9 Å². The van der Waals surface area contributed by atoms with E-state index in [0.29, 0.717) is 35.4 Å². The lowest BCUT2D eigenvalue weighted by molar-refractivity contribution is 1.33. The van der Waals surface area contributed by atoms with Crippen LogP contribution < -0.4 is 0 Å². The molecule has 2 N–H and O–H groups in total. The molecule has 2 aromatic rings. The van der Waals surface area contributed by atoms with Crippen LogP contribution in [0.2, 0.25) is 0 Å². The Kier molecular flexibility index (Phi) is 9.85. The highest BCUT2D eigenvalue weighted by atomic mass is 14.4. The van der Waals surface area contributed by atoms with Crippen molar-refractivity contribution in [2.45, 2.75) is 19.8 Å². The molecule has 0 aliphatic rings. The van der Waals surface area contributed by atoms with Gasteiger partial charge in [0.15, 0.2) is 0 Å². The average molecular weight is 457 g/mol. The highest BCUT2D eigenvalue weighted by Gasteiger charge is 2.03. The maximum Gasteiger partial charge on any atom is 0.0988 e. The summed E-state index contributed by atoms with van der Waals surface area (Å²) in [6.45, 7) is 13.5. The number of allylic oxidation sites excluding steroid dienone is 11. The van der Waals surface area contributed by atoms with Gasteiger partial charge in [-0.05, 0) is 64.3 Å². The third kappa shape index (κ3) is 8.24. The second kappa shape index (κ2) is 13.0. The van der Waals surface area contributed by atoms with Gasteiger partial charge in [-0.1, -0.05) is 74.4 Å². The van der Waals surface area contributed by atoms with E-state index in [1.807, 2.05) is 36.4 Å². The zero-order chi connectivity index (χ0) is 25.8. The van der Waals surface area contributed by atoms with Crippen LogP contribution in [0.1, 0.15) is 30.9 Å². The average Bonchev–Trinajstić information content (AvgIpc) is 2.88. The van der Waals surface area contributed by atoms with Gasteiger partial charge >= 0.3 is 0 Å². The lowest BCUT2D eigenvalue weighted by Gasteiger charge is -2.07. The molecular weight excluding hydrogens is 428 g/mol.